The number of rotatable bonds is 5. The second kappa shape index (κ2) is 7.93. The third-order valence-electron chi connectivity index (χ3n) is 3.55. The minimum absolute atomic E-state index is 0.393. The molecule has 0 saturated heterocycles. The van der Waals surface area contributed by atoms with Crippen LogP contribution in [-0.4, -0.2) is 18.1 Å². The predicted octanol–water partition coefficient (Wildman–Crippen LogP) is 4.48. The molecule has 0 aliphatic carbocycles. The van der Waals surface area contributed by atoms with Crippen molar-refractivity contribution in [2.24, 2.45) is 0 Å². The smallest absolute Gasteiger partial charge is 0.347 e. The van der Waals surface area contributed by atoms with E-state index in [1.54, 1.807) is 42.6 Å². The first-order valence-corrected chi connectivity index (χ1v) is 7.80. The molecule has 3 rings (SSSR count). The topological polar surface area (TPSA) is 48.4 Å². The van der Waals surface area contributed by atoms with E-state index in [-0.39, 0.29) is 0 Å². The van der Waals surface area contributed by atoms with Crippen molar-refractivity contribution < 1.29 is 14.3 Å². The molecule has 0 saturated carbocycles. The maximum absolute atomic E-state index is 12.3. The fourth-order valence-corrected chi connectivity index (χ4v) is 2.28. The fraction of sp³-hybridized carbons (Fsp3) is 0.0476. The van der Waals surface area contributed by atoms with E-state index in [0.717, 1.165) is 11.3 Å². The molecule has 0 unspecified atom stereocenters. The number of carbonyl (C=O) groups excluding carboxylic acids is 1. The van der Waals surface area contributed by atoms with Crippen molar-refractivity contribution in [1.29, 1.82) is 0 Å². The molecule has 0 aliphatic heterocycles. The summed E-state index contributed by atoms with van der Waals surface area (Å²) in [4.78, 5) is 16.5. The van der Waals surface area contributed by atoms with Crippen LogP contribution in [0.3, 0.4) is 0 Å². The lowest BCUT2D eigenvalue weighted by atomic mass is 10.2. The van der Waals surface area contributed by atoms with E-state index in [2.05, 4.69) is 4.98 Å². The molecule has 1 heterocycles. The fourth-order valence-electron chi connectivity index (χ4n) is 2.28. The molecule has 0 spiro atoms. The number of carbonyl (C=O) groups is 1. The van der Waals surface area contributed by atoms with Gasteiger partial charge in [0.1, 0.15) is 17.1 Å². The Hall–Kier alpha value is -3.40. The molecule has 0 bridgehead atoms. The number of pyridine rings is 1. The van der Waals surface area contributed by atoms with Gasteiger partial charge < -0.3 is 9.47 Å². The largest absolute Gasteiger partial charge is 0.496 e. The number of hydrogen-bond donors (Lipinski definition) is 0. The highest BCUT2D eigenvalue weighted by Crippen LogP contribution is 2.21. The Balaban J connectivity index is 1.68. The van der Waals surface area contributed by atoms with Crippen LogP contribution in [-0.2, 0) is 0 Å². The summed E-state index contributed by atoms with van der Waals surface area (Å²) in [5.41, 5.74) is 2.26. The van der Waals surface area contributed by atoms with Crippen LogP contribution in [0.1, 0.15) is 21.6 Å². The standard InChI is InChI=1S/C21H17NO3/c1-24-20-8-3-2-7-19(20)21(23)25-18-13-10-16(11-14-18)9-12-17-6-4-5-15-22-17/h2-15H,1H3/b12-9+. The summed E-state index contributed by atoms with van der Waals surface area (Å²) in [6.45, 7) is 0. The number of para-hydroxylation sites is 1. The van der Waals surface area contributed by atoms with E-state index in [1.165, 1.54) is 7.11 Å². The van der Waals surface area contributed by atoms with E-state index in [0.29, 0.717) is 17.1 Å². The van der Waals surface area contributed by atoms with Gasteiger partial charge in [-0.15, -0.1) is 0 Å². The zero-order valence-corrected chi connectivity index (χ0v) is 13.8. The molecule has 2 aromatic carbocycles. The highest BCUT2D eigenvalue weighted by atomic mass is 16.5. The molecule has 1 aromatic heterocycles. The van der Waals surface area contributed by atoms with Gasteiger partial charge in [-0.25, -0.2) is 4.79 Å². The Labute approximate surface area is 146 Å². The van der Waals surface area contributed by atoms with Gasteiger partial charge in [0.15, 0.2) is 0 Å². The number of ether oxygens (including phenoxy) is 2. The summed E-state index contributed by atoms with van der Waals surface area (Å²) in [5.74, 6) is 0.516. The van der Waals surface area contributed by atoms with Crippen molar-refractivity contribution >= 4 is 18.1 Å². The molecular formula is C21H17NO3. The summed E-state index contributed by atoms with van der Waals surface area (Å²) >= 11 is 0. The van der Waals surface area contributed by atoms with Gasteiger partial charge in [0.2, 0.25) is 0 Å². The van der Waals surface area contributed by atoms with Gasteiger partial charge in [0.25, 0.3) is 0 Å². The Bertz CT molecular complexity index is 871. The first-order valence-electron chi connectivity index (χ1n) is 7.80. The van der Waals surface area contributed by atoms with Crippen molar-refractivity contribution in [2.45, 2.75) is 0 Å². The van der Waals surface area contributed by atoms with Gasteiger partial charge in [0.05, 0.1) is 12.8 Å². The van der Waals surface area contributed by atoms with Gasteiger partial charge in [-0.2, -0.15) is 0 Å². The van der Waals surface area contributed by atoms with Crippen LogP contribution >= 0.6 is 0 Å². The lowest BCUT2D eigenvalue weighted by Gasteiger charge is -2.08. The van der Waals surface area contributed by atoms with Crippen LogP contribution in [0.5, 0.6) is 11.5 Å². The van der Waals surface area contributed by atoms with Gasteiger partial charge in [-0.05, 0) is 48.0 Å². The first-order chi connectivity index (χ1) is 12.3. The minimum Gasteiger partial charge on any atom is -0.496 e. The normalized spacial score (nSPS) is 10.6. The maximum Gasteiger partial charge on any atom is 0.347 e. The lowest BCUT2D eigenvalue weighted by molar-refractivity contribution is 0.0731. The zero-order chi connectivity index (χ0) is 17.5. The third-order valence-corrected chi connectivity index (χ3v) is 3.55. The summed E-state index contributed by atoms with van der Waals surface area (Å²) in [5, 5.41) is 0. The summed E-state index contributed by atoms with van der Waals surface area (Å²) in [6.07, 6.45) is 5.63. The summed E-state index contributed by atoms with van der Waals surface area (Å²) in [6, 6.07) is 20.0. The zero-order valence-electron chi connectivity index (χ0n) is 13.8. The molecule has 0 fully saturated rings. The number of benzene rings is 2. The number of hydrogen-bond acceptors (Lipinski definition) is 4. The van der Waals surface area contributed by atoms with E-state index in [4.69, 9.17) is 9.47 Å². The van der Waals surface area contributed by atoms with Crippen LogP contribution in [0.4, 0.5) is 0 Å². The molecule has 124 valence electrons. The second-order valence-corrected chi connectivity index (χ2v) is 5.25. The van der Waals surface area contributed by atoms with Crippen molar-refractivity contribution in [2.75, 3.05) is 7.11 Å². The number of methoxy groups -OCH3 is 1. The molecule has 4 nitrogen and oxygen atoms in total. The van der Waals surface area contributed by atoms with Crippen LogP contribution in [0.15, 0.2) is 72.9 Å². The summed E-state index contributed by atoms with van der Waals surface area (Å²) < 4.78 is 10.6. The van der Waals surface area contributed by atoms with Crippen LogP contribution in [0.25, 0.3) is 12.2 Å². The maximum atomic E-state index is 12.3. The third kappa shape index (κ3) is 4.32. The van der Waals surface area contributed by atoms with Crippen molar-refractivity contribution in [3.8, 4) is 11.5 Å². The lowest BCUT2D eigenvalue weighted by Crippen LogP contribution is -2.09. The molecular weight excluding hydrogens is 314 g/mol. The molecule has 25 heavy (non-hydrogen) atoms. The highest BCUT2D eigenvalue weighted by Gasteiger charge is 2.13. The Morgan fingerprint density at radius 3 is 2.40 bits per heavy atom. The molecule has 3 aromatic rings. The van der Waals surface area contributed by atoms with Crippen molar-refractivity contribution in [1.82, 2.24) is 4.98 Å². The van der Waals surface area contributed by atoms with Crippen LogP contribution in [0, 0.1) is 0 Å². The monoisotopic (exact) mass is 331 g/mol. The molecule has 0 N–H and O–H groups in total. The number of esters is 1. The minimum atomic E-state index is -0.450. The van der Waals surface area contributed by atoms with Gasteiger partial charge >= 0.3 is 5.97 Å². The number of aromatic nitrogens is 1. The molecule has 0 radical (unpaired) electrons. The van der Waals surface area contributed by atoms with E-state index >= 15 is 0 Å². The second-order valence-electron chi connectivity index (χ2n) is 5.25. The Morgan fingerprint density at radius 2 is 1.68 bits per heavy atom. The average molecular weight is 331 g/mol. The van der Waals surface area contributed by atoms with Gasteiger partial charge in [-0.3, -0.25) is 4.98 Å². The van der Waals surface area contributed by atoms with Crippen LogP contribution in [0.2, 0.25) is 0 Å². The van der Waals surface area contributed by atoms with E-state index in [1.807, 2.05) is 42.5 Å². The highest BCUT2D eigenvalue weighted by molar-refractivity contribution is 5.94. The molecule has 0 atom stereocenters. The Morgan fingerprint density at radius 1 is 0.920 bits per heavy atom. The first kappa shape index (κ1) is 16.5. The van der Waals surface area contributed by atoms with Crippen LogP contribution < -0.4 is 9.47 Å². The number of nitrogens with zero attached hydrogens (tertiary/aromatic N) is 1. The Kier molecular flexibility index (Phi) is 5.22. The molecule has 4 heteroatoms. The van der Waals surface area contributed by atoms with E-state index < -0.39 is 5.97 Å². The van der Waals surface area contributed by atoms with Gasteiger partial charge in [-0.1, -0.05) is 36.4 Å². The van der Waals surface area contributed by atoms with E-state index in [9.17, 15) is 4.79 Å². The van der Waals surface area contributed by atoms with Crippen molar-refractivity contribution in [3.05, 3.63) is 89.7 Å². The summed E-state index contributed by atoms with van der Waals surface area (Å²) in [7, 11) is 1.52. The average Bonchev–Trinajstić information content (AvgIpc) is 2.68. The van der Waals surface area contributed by atoms with Gasteiger partial charge in [0, 0.05) is 6.20 Å². The molecule has 0 aliphatic rings. The predicted molar refractivity (Wildman–Crippen MR) is 97.6 cm³/mol. The quantitative estimate of drug-likeness (QED) is 0.511. The van der Waals surface area contributed by atoms with Crippen molar-refractivity contribution in [3.63, 3.8) is 0 Å². The SMILES string of the molecule is COc1ccccc1C(=O)Oc1ccc(/C=C/c2ccccn2)cc1. The molecule has 0 amide bonds.